The van der Waals surface area contributed by atoms with Gasteiger partial charge in [0, 0.05) is 18.4 Å². The Labute approximate surface area is 113 Å². The highest BCUT2D eigenvalue weighted by Gasteiger charge is 2.35. The summed E-state index contributed by atoms with van der Waals surface area (Å²) in [7, 11) is -1.44. The number of hydrogen-bond donors (Lipinski definition) is 1. The van der Waals surface area contributed by atoms with Crippen molar-refractivity contribution in [1.29, 1.82) is 0 Å². The van der Waals surface area contributed by atoms with E-state index in [0.29, 0.717) is 0 Å². The van der Waals surface area contributed by atoms with Gasteiger partial charge < -0.3 is 0 Å². The number of nitrogens with zero attached hydrogens (tertiary/aromatic N) is 1. The van der Waals surface area contributed by atoms with E-state index in [1.807, 2.05) is 0 Å². The predicted molar refractivity (Wildman–Crippen MR) is 68.7 cm³/mol. The lowest BCUT2D eigenvalue weighted by Gasteiger charge is -2.23. The zero-order valence-corrected chi connectivity index (χ0v) is 12.0. The number of alkyl halides is 3. The SMILES string of the molecule is CC(N[S@@](=O)C(C)(C)C)c1ccncc1C(F)(F)F. The van der Waals surface area contributed by atoms with E-state index in [1.165, 1.54) is 12.3 Å². The van der Waals surface area contributed by atoms with Crippen molar-refractivity contribution in [2.24, 2.45) is 0 Å². The Balaban J connectivity index is 3.01. The fraction of sp³-hybridized carbons (Fsp3) is 0.583. The first-order valence-corrected chi connectivity index (χ1v) is 6.87. The molecule has 1 unspecified atom stereocenters. The van der Waals surface area contributed by atoms with E-state index < -0.39 is 33.5 Å². The Bertz CT molecular complexity index is 469. The third-order valence-corrected chi connectivity index (χ3v) is 4.15. The second-order valence-corrected chi connectivity index (χ2v) is 7.18. The van der Waals surface area contributed by atoms with Crippen LogP contribution < -0.4 is 4.72 Å². The lowest BCUT2D eigenvalue weighted by molar-refractivity contribution is -0.138. The van der Waals surface area contributed by atoms with Gasteiger partial charge in [-0.1, -0.05) is 0 Å². The molecule has 1 aromatic heterocycles. The number of pyridine rings is 1. The normalized spacial score (nSPS) is 16.2. The molecule has 1 heterocycles. The van der Waals surface area contributed by atoms with Gasteiger partial charge in [0.2, 0.25) is 0 Å². The molecule has 0 saturated carbocycles. The third kappa shape index (κ3) is 4.28. The molecule has 0 aliphatic heterocycles. The standard InChI is InChI=1S/C12H17F3N2OS/c1-8(17-19(18)11(2,3)4)9-5-6-16-7-10(9)12(13,14)15/h5-8,17H,1-4H3/t8?,19-/m0/s1. The minimum absolute atomic E-state index is 0.0418. The van der Waals surface area contributed by atoms with Crippen molar-refractivity contribution < 1.29 is 17.4 Å². The molecule has 0 amide bonds. The van der Waals surface area contributed by atoms with E-state index in [4.69, 9.17) is 0 Å². The van der Waals surface area contributed by atoms with E-state index in [0.717, 1.165) is 6.20 Å². The average Bonchev–Trinajstić information content (AvgIpc) is 2.26. The van der Waals surface area contributed by atoms with Crippen molar-refractivity contribution in [2.75, 3.05) is 0 Å². The highest BCUT2D eigenvalue weighted by atomic mass is 32.2. The number of aromatic nitrogens is 1. The van der Waals surface area contributed by atoms with Crippen LogP contribution in [0.15, 0.2) is 18.5 Å². The second-order valence-electron chi connectivity index (χ2n) is 5.18. The number of halogens is 3. The first-order valence-electron chi connectivity index (χ1n) is 5.72. The Morgan fingerprint density at radius 3 is 2.37 bits per heavy atom. The van der Waals surface area contributed by atoms with Crippen LogP contribution in [0, 0.1) is 0 Å². The Kier molecular flexibility index (Phi) is 4.73. The highest BCUT2D eigenvalue weighted by molar-refractivity contribution is 7.84. The van der Waals surface area contributed by atoms with Crippen LogP contribution >= 0.6 is 0 Å². The topological polar surface area (TPSA) is 42.0 Å². The summed E-state index contributed by atoms with van der Waals surface area (Å²) in [6, 6.07) is 0.611. The maximum absolute atomic E-state index is 12.8. The monoisotopic (exact) mass is 294 g/mol. The van der Waals surface area contributed by atoms with Gasteiger partial charge in [0.15, 0.2) is 0 Å². The van der Waals surface area contributed by atoms with Gasteiger partial charge in [0.05, 0.1) is 21.3 Å². The molecule has 0 aliphatic carbocycles. The molecular formula is C12H17F3N2OS. The van der Waals surface area contributed by atoms with Crippen LogP contribution in [0.5, 0.6) is 0 Å². The minimum Gasteiger partial charge on any atom is -0.264 e. The minimum atomic E-state index is -4.47. The van der Waals surface area contributed by atoms with Crippen LogP contribution in [0.1, 0.15) is 44.9 Å². The number of hydrogen-bond acceptors (Lipinski definition) is 2. The largest absolute Gasteiger partial charge is 0.418 e. The molecule has 108 valence electrons. The molecule has 0 radical (unpaired) electrons. The van der Waals surface area contributed by atoms with Gasteiger partial charge in [0.25, 0.3) is 0 Å². The van der Waals surface area contributed by atoms with Gasteiger partial charge in [-0.2, -0.15) is 13.2 Å². The summed E-state index contributed by atoms with van der Waals surface area (Å²) in [5.74, 6) is 0. The molecule has 2 atom stereocenters. The summed E-state index contributed by atoms with van der Waals surface area (Å²) in [6.45, 7) is 6.80. The van der Waals surface area contributed by atoms with Gasteiger partial charge in [0.1, 0.15) is 0 Å². The first kappa shape index (κ1) is 16.1. The first-order chi connectivity index (χ1) is 8.53. The molecule has 0 bridgehead atoms. The lowest BCUT2D eigenvalue weighted by Crippen LogP contribution is -2.35. The van der Waals surface area contributed by atoms with Gasteiger partial charge in [-0.05, 0) is 39.3 Å². The second kappa shape index (κ2) is 5.58. The van der Waals surface area contributed by atoms with Crippen LogP contribution in [0.3, 0.4) is 0 Å². The molecule has 1 rings (SSSR count). The molecule has 0 fully saturated rings. The molecular weight excluding hydrogens is 277 g/mol. The van der Waals surface area contributed by atoms with E-state index >= 15 is 0 Å². The molecule has 3 nitrogen and oxygen atoms in total. The van der Waals surface area contributed by atoms with E-state index in [1.54, 1.807) is 27.7 Å². The quantitative estimate of drug-likeness (QED) is 0.930. The van der Waals surface area contributed by atoms with Crippen molar-refractivity contribution in [1.82, 2.24) is 9.71 Å². The lowest BCUT2D eigenvalue weighted by atomic mass is 10.0. The number of rotatable bonds is 3. The van der Waals surface area contributed by atoms with E-state index in [2.05, 4.69) is 9.71 Å². The summed E-state index contributed by atoms with van der Waals surface area (Å²) in [6.07, 6.45) is -2.39. The summed E-state index contributed by atoms with van der Waals surface area (Å²) in [5, 5.41) is 0. The predicted octanol–water partition coefficient (Wildman–Crippen LogP) is 3.21. The summed E-state index contributed by atoms with van der Waals surface area (Å²) in [5.41, 5.74) is -0.763. The Morgan fingerprint density at radius 1 is 1.32 bits per heavy atom. The van der Waals surface area contributed by atoms with Gasteiger partial charge in [-0.3, -0.25) is 4.98 Å². The smallest absolute Gasteiger partial charge is 0.264 e. The maximum atomic E-state index is 12.8. The molecule has 1 N–H and O–H groups in total. The molecule has 0 saturated heterocycles. The van der Waals surface area contributed by atoms with Gasteiger partial charge in [-0.15, -0.1) is 0 Å². The molecule has 1 aromatic rings. The fourth-order valence-electron chi connectivity index (χ4n) is 1.42. The van der Waals surface area contributed by atoms with Crippen molar-refractivity contribution in [2.45, 2.75) is 44.7 Å². The molecule has 19 heavy (non-hydrogen) atoms. The maximum Gasteiger partial charge on any atom is 0.418 e. The fourth-order valence-corrected chi connectivity index (χ4v) is 2.22. The molecule has 7 heteroatoms. The van der Waals surface area contributed by atoms with E-state index in [-0.39, 0.29) is 5.56 Å². The van der Waals surface area contributed by atoms with Gasteiger partial charge in [-0.25, -0.2) is 8.93 Å². The van der Waals surface area contributed by atoms with Gasteiger partial charge >= 0.3 is 6.18 Å². The Morgan fingerprint density at radius 2 is 1.89 bits per heavy atom. The van der Waals surface area contributed by atoms with Crippen LogP contribution in [-0.4, -0.2) is 13.9 Å². The van der Waals surface area contributed by atoms with Crippen molar-refractivity contribution in [3.63, 3.8) is 0 Å². The van der Waals surface area contributed by atoms with Crippen molar-refractivity contribution in [3.8, 4) is 0 Å². The molecule has 0 spiro atoms. The summed E-state index contributed by atoms with van der Waals surface area (Å²) >= 11 is 0. The summed E-state index contributed by atoms with van der Waals surface area (Å²) < 4.78 is 52.6. The van der Waals surface area contributed by atoms with Crippen molar-refractivity contribution in [3.05, 3.63) is 29.6 Å². The zero-order chi connectivity index (χ0) is 14.8. The molecule has 0 aromatic carbocycles. The molecule has 0 aliphatic rings. The van der Waals surface area contributed by atoms with E-state index in [9.17, 15) is 17.4 Å². The zero-order valence-electron chi connectivity index (χ0n) is 11.2. The number of nitrogens with one attached hydrogen (secondary N) is 1. The van der Waals surface area contributed by atoms with Crippen LogP contribution in [0.4, 0.5) is 13.2 Å². The highest BCUT2D eigenvalue weighted by Crippen LogP contribution is 2.34. The third-order valence-electron chi connectivity index (χ3n) is 2.47. The average molecular weight is 294 g/mol. The van der Waals surface area contributed by atoms with Crippen LogP contribution in [-0.2, 0) is 17.2 Å². The summed E-state index contributed by atoms with van der Waals surface area (Å²) in [4.78, 5) is 3.50. The van der Waals surface area contributed by atoms with Crippen molar-refractivity contribution >= 4 is 11.0 Å². The Hall–Kier alpha value is -0.950. The van der Waals surface area contributed by atoms with Crippen LogP contribution in [0.25, 0.3) is 0 Å². The van der Waals surface area contributed by atoms with Crippen LogP contribution in [0.2, 0.25) is 0 Å².